The zero-order valence-corrected chi connectivity index (χ0v) is 12.3. The molecule has 1 atom stereocenters. The summed E-state index contributed by atoms with van der Waals surface area (Å²) in [6.45, 7) is 9.42. The molecule has 1 aliphatic rings. The molecular weight excluding hydrogens is 232 g/mol. The number of para-hydroxylation sites is 1. The van der Waals surface area contributed by atoms with Crippen molar-refractivity contribution in [1.82, 2.24) is 9.47 Å². The van der Waals surface area contributed by atoms with Crippen molar-refractivity contribution in [3.05, 3.63) is 36.0 Å². The molecule has 1 unspecified atom stereocenters. The van der Waals surface area contributed by atoms with Crippen molar-refractivity contribution in [3.8, 4) is 0 Å². The maximum Gasteiger partial charge on any atom is 0.0838 e. The van der Waals surface area contributed by atoms with Gasteiger partial charge in [0.25, 0.3) is 0 Å². The van der Waals surface area contributed by atoms with Gasteiger partial charge in [-0.05, 0) is 43.2 Å². The SMILES string of the molecule is CC(C)c1cc2ccccc2n1C(C)N1CCCC1. The minimum atomic E-state index is 0.472. The fraction of sp³-hybridized carbons (Fsp3) is 0.529. The third-order valence-electron chi connectivity index (χ3n) is 4.41. The first kappa shape index (κ1) is 12.7. The van der Waals surface area contributed by atoms with Crippen LogP contribution >= 0.6 is 0 Å². The highest BCUT2D eigenvalue weighted by molar-refractivity contribution is 5.81. The number of fused-ring (bicyclic) bond motifs is 1. The zero-order valence-electron chi connectivity index (χ0n) is 12.3. The highest BCUT2D eigenvalue weighted by atomic mass is 15.3. The number of likely N-dealkylation sites (tertiary alicyclic amines) is 1. The number of rotatable bonds is 3. The fourth-order valence-corrected chi connectivity index (χ4v) is 3.34. The molecule has 2 aromatic rings. The second-order valence-electron chi connectivity index (χ2n) is 6.03. The lowest BCUT2D eigenvalue weighted by molar-refractivity contribution is 0.194. The number of nitrogens with zero attached hydrogens (tertiary/aromatic N) is 2. The van der Waals surface area contributed by atoms with E-state index in [1.54, 1.807) is 0 Å². The Morgan fingerprint density at radius 3 is 2.37 bits per heavy atom. The van der Waals surface area contributed by atoms with Crippen LogP contribution in [-0.2, 0) is 0 Å². The molecular formula is C17H24N2. The highest BCUT2D eigenvalue weighted by Crippen LogP contribution is 2.31. The molecule has 0 amide bonds. The van der Waals surface area contributed by atoms with Gasteiger partial charge in [0.1, 0.15) is 0 Å². The molecule has 2 nitrogen and oxygen atoms in total. The second kappa shape index (κ2) is 5.01. The van der Waals surface area contributed by atoms with Crippen LogP contribution in [0.1, 0.15) is 51.4 Å². The number of benzene rings is 1. The van der Waals surface area contributed by atoms with E-state index in [4.69, 9.17) is 0 Å². The third-order valence-corrected chi connectivity index (χ3v) is 4.41. The third kappa shape index (κ3) is 2.18. The van der Waals surface area contributed by atoms with Crippen LogP contribution in [0.5, 0.6) is 0 Å². The van der Waals surface area contributed by atoms with Crippen LogP contribution in [0.2, 0.25) is 0 Å². The smallest absolute Gasteiger partial charge is 0.0838 e. The van der Waals surface area contributed by atoms with Crippen molar-refractivity contribution < 1.29 is 0 Å². The molecule has 102 valence electrons. The Kier molecular flexibility index (Phi) is 3.36. The number of aromatic nitrogens is 1. The van der Waals surface area contributed by atoms with Crippen LogP contribution in [0.4, 0.5) is 0 Å². The van der Waals surface area contributed by atoms with Gasteiger partial charge in [-0.1, -0.05) is 32.0 Å². The van der Waals surface area contributed by atoms with Crippen molar-refractivity contribution >= 4 is 10.9 Å². The summed E-state index contributed by atoms with van der Waals surface area (Å²) in [5, 5.41) is 1.37. The van der Waals surface area contributed by atoms with Gasteiger partial charge in [-0.15, -0.1) is 0 Å². The van der Waals surface area contributed by atoms with E-state index in [9.17, 15) is 0 Å². The van der Waals surface area contributed by atoms with E-state index in [1.807, 2.05) is 0 Å². The van der Waals surface area contributed by atoms with Crippen LogP contribution in [0, 0.1) is 0 Å². The molecule has 1 aromatic heterocycles. The Bertz CT molecular complexity index is 562. The number of hydrogen-bond donors (Lipinski definition) is 0. The molecule has 0 aliphatic carbocycles. The summed E-state index contributed by atoms with van der Waals surface area (Å²) in [5.74, 6) is 0.567. The van der Waals surface area contributed by atoms with E-state index in [2.05, 4.69) is 60.6 Å². The summed E-state index contributed by atoms with van der Waals surface area (Å²) in [5.41, 5.74) is 2.84. The molecule has 2 heteroatoms. The molecule has 19 heavy (non-hydrogen) atoms. The van der Waals surface area contributed by atoms with E-state index in [0.29, 0.717) is 12.1 Å². The predicted octanol–water partition coefficient (Wildman–Crippen LogP) is 4.38. The first-order chi connectivity index (χ1) is 9.18. The van der Waals surface area contributed by atoms with Gasteiger partial charge in [-0.3, -0.25) is 4.90 Å². The van der Waals surface area contributed by atoms with Crippen molar-refractivity contribution in [2.24, 2.45) is 0 Å². The average Bonchev–Trinajstić information content (AvgIpc) is 3.05. The average molecular weight is 256 g/mol. The van der Waals surface area contributed by atoms with Gasteiger partial charge in [0, 0.05) is 24.3 Å². The molecule has 1 saturated heterocycles. The minimum Gasteiger partial charge on any atom is -0.328 e. The Morgan fingerprint density at radius 2 is 1.68 bits per heavy atom. The predicted molar refractivity (Wildman–Crippen MR) is 81.5 cm³/mol. The monoisotopic (exact) mass is 256 g/mol. The Balaban J connectivity index is 2.11. The maximum atomic E-state index is 2.61. The minimum absolute atomic E-state index is 0.472. The lowest BCUT2D eigenvalue weighted by Gasteiger charge is -2.29. The molecule has 1 aliphatic heterocycles. The topological polar surface area (TPSA) is 8.17 Å². The summed E-state index contributed by atoms with van der Waals surface area (Å²) >= 11 is 0. The zero-order chi connectivity index (χ0) is 13.4. The van der Waals surface area contributed by atoms with E-state index in [0.717, 1.165) is 0 Å². The Morgan fingerprint density at radius 1 is 1.00 bits per heavy atom. The maximum absolute atomic E-state index is 2.61. The molecule has 2 heterocycles. The first-order valence-corrected chi connectivity index (χ1v) is 7.52. The highest BCUT2D eigenvalue weighted by Gasteiger charge is 2.23. The van der Waals surface area contributed by atoms with E-state index >= 15 is 0 Å². The number of hydrogen-bond acceptors (Lipinski definition) is 1. The van der Waals surface area contributed by atoms with E-state index < -0.39 is 0 Å². The van der Waals surface area contributed by atoms with Crippen LogP contribution in [0.25, 0.3) is 10.9 Å². The van der Waals surface area contributed by atoms with Crippen LogP contribution in [0.3, 0.4) is 0 Å². The Hall–Kier alpha value is -1.28. The summed E-state index contributed by atoms with van der Waals surface area (Å²) < 4.78 is 2.55. The molecule has 1 aromatic carbocycles. The van der Waals surface area contributed by atoms with Gasteiger partial charge >= 0.3 is 0 Å². The lowest BCUT2D eigenvalue weighted by atomic mass is 10.1. The standard InChI is InChI=1S/C17H24N2/c1-13(2)17-12-15-8-4-5-9-16(15)19(17)14(3)18-10-6-7-11-18/h4-5,8-9,12-14H,6-7,10-11H2,1-3H3. The van der Waals surface area contributed by atoms with Gasteiger partial charge in [0.15, 0.2) is 0 Å². The Labute approximate surface area is 116 Å². The van der Waals surface area contributed by atoms with Crippen LogP contribution < -0.4 is 0 Å². The second-order valence-corrected chi connectivity index (χ2v) is 6.03. The summed E-state index contributed by atoms with van der Waals surface area (Å²) in [6, 6.07) is 11.1. The first-order valence-electron chi connectivity index (χ1n) is 7.52. The molecule has 0 N–H and O–H groups in total. The van der Waals surface area contributed by atoms with Gasteiger partial charge in [-0.2, -0.15) is 0 Å². The van der Waals surface area contributed by atoms with E-state index in [-0.39, 0.29) is 0 Å². The van der Waals surface area contributed by atoms with Gasteiger partial charge in [0.2, 0.25) is 0 Å². The van der Waals surface area contributed by atoms with Crippen molar-refractivity contribution in [2.75, 3.05) is 13.1 Å². The fourth-order valence-electron chi connectivity index (χ4n) is 3.34. The van der Waals surface area contributed by atoms with Gasteiger partial charge in [0.05, 0.1) is 6.17 Å². The van der Waals surface area contributed by atoms with Gasteiger partial charge in [-0.25, -0.2) is 0 Å². The van der Waals surface area contributed by atoms with Crippen LogP contribution in [-0.4, -0.2) is 22.6 Å². The lowest BCUT2D eigenvalue weighted by Crippen LogP contribution is -2.29. The molecule has 0 spiro atoms. The molecule has 1 fully saturated rings. The van der Waals surface area contributed by atoms with Crippen molar-refractivity contribution in [3.63, 3.8) is 0 Å². The van der Waals surface area contributed by atoms with Gasteiger partial charge < -0.3 is 4.57 Å². The normalized spacial score (nSPS) is 18.5. The summed E-state index contributed by atoms with van der Waals surface area (Å²) in [4.78, 5) is 2.61. The molecule has 0 saturated carbocycles. The molecule has 3 rings (SSSR count). The van der Waals surface area contributed by atoms with Crippen molar-refractivity contribution in [2.45, 2.75) is 45.7 Å². The van der Waals surface area contributed by atoms with Crippen LogP contribution in [0.15, 0.2) is 30.3 Å². The largest absolute Gasteiger partial charge is 0.328 e. The quantitative estimate of drug-likeness (QED) is 0.791. The molecule has 0 radical (unpaired) electrons. The van der Waals surface area contributed by atoms with Crippen molar-refractivity contribution in [1.29, 1.82) is 0 Å². The summed E-state index contributed by atoms with van der Waals surface area (Å²) in [6.07, 6.45) is 3.17. The molecule has 0 bridgehead atoms. The van der Waals surface area contributed by atoms with E-state index in [1.165, 1.54) is 42.5 Å². The summed E-state index contributed by atoms with van der Waals surface area (Å²) in [7, 11) is 0.